The van der Waals surface area contributed by atoms with Crippen LogP contribution >= 0.6 is 11.3 Å². The number of amides is 1. The molecule has 21 heavy (non-hydrogen) atoms. The summed E-state index contributed by atoms with van der Waals surface area (Å²) in [5.41, 5.74) is 0.873. The molecule has 1 saturated heterocycles. The minimum Gasteiger partial charge on any atom is -0.355 e. The fourth-order valence-electron chi connectivity index (χ4n) is 2.36. The van der Waals surface area contributed by atoms with Gasteiger partial charge in [0.05, 0.1) is 22.9 Å². The van der Waals surface area contributed by atoms with Gasteiger partial charge in [-0.1, -0.05) is 0 Å². The Labute approximate surface area is 129 Å². The SMILES string of the molecule is Cc1nc(C)c(CC(=O)NCCS(=O)(=O)N2CCCC2)s1. The molecule has 1 aliphatic rings. The van der Waals surface area contributed by atoms with Gasteiger partial charge in [-0.15, -0.1) is 11.3 Å². The number of thiazole rings is 1. The van der Waals surface area contributed by atoms with E-state index in [0.29, 0.717) is 13.1 Å². The number of nitrogens with zero attached hydrogens (tertiary/aromatic N) is 2. The number of hydrogen-bond acceptors (Lipinski definition) is 5. The quantitative estimate of drug-likeness (QED) is 0.838. The van der Waals surface area contributed by atoms with Crippen molar-refractivity contribution < 1.29 is 13.2 Å². The zero-order valence-electron chi connectivity index (χ0n) is 12.4. The summed E-state index contributed by atoms with van der Waals surface area (Å²) < 4.78 is 25.5. The van der Waals surface area contributed by atoms with Crippen molar-refractivity contribution in [2.45, 2.75) is 33.1 Å². The van der Waals surface area contributed by atoms with E-state index in [-0.39, 0.29) is 24.6 Å². The Kier molecular flexibility index (Phi) is 5.34. The van der Waals surface area contributed by atoms with Crippen molar-refractivity contribution in [1.82, 2.24) is 14.6 Å². The maximum absolute atomic E-state index is 12.0. The zero-order chi connectivity index (χ0) is 15.5. The lowest BCUT2D eigenvalue weighted by atomic mass is 10.3. The van der Waals surface area contributed by atoms with Gasteiger partial charge in [0.1, 0.15) is 0 Å². The number of nitrogens with one attached hydrogen (secondary N) is 1. The molecule has 1 amide bonds. The molecule has 1 aromatic rings. The van der Waals surface area contributed by atoms with E-state index < -0.39 is 10.0 Å². The lowest BCUT2D eigenvalue weighted by Crippen LogP contribution is -2.36. The molecular weight excluding hydrogens is 310 g/mol. The third-order valence-electron chi connectivity index (χ3n) is 3.46. The van der Waals surface area contributed by atoms with Crippen LogP contribution in [0, 0.1) is 13.8 Å². The molecule has 0 saturated carbocycles. The predicted molar refractivity (Wildman–Crippen MR) is 82.9 cm³/mol. The molecule has 0 aromatic carbocycles. The third-order valence-corrected chi connectivity index (χ3v) is 6.41. The molecule has 2 rings (SSSR count). The van der Waals surface area contributed by atoms with Gasteiger partial charge >= 0.3 is 0 Å². The van der Waals surface area contributed by atoms with Gasteiger partial charge < -0.3 is 5.32 Å². The van der Waals surface area contributed by atoms with Crippen molar-refractivity contribution in [3.63, 3.8) is 0 Å². The average molecular weight is 331 g/mol. The van der Waals surface area contributed by atoms with Crippen molar-refractivity contribution in [3.05, 3.63) is 15.6 Å². The number of rotatable bonds is 6. The molecule has 1 aliphatic heterocycles. The van der Waals surface area contributed by atoms with Crippen LogP contribution in [0.1, 0.15) is 28.4 Å². The summed E-state index contributed by atoms with van der Waals surface area (Å²) in [5.74, 6) is -0.183. The van der Waals surface area contributed by atoms with Gasteiger partial charge in [0.2, 0.25) is 15.9 Å². The van der Waals surface area contributed by atoms with Gasteiger partial charge in [0.25, 0.3) is 0 Å². The second-order valence-electron chi connectivity index (χ2n) is 5.19. The lowest BCUT2D eigenvalue weighted by Gasteiger charge is -2.15. The van der Waals surface area contributed by atoms with Crippen LogP contribution in [0.15, 0.2) is 0 Å². The monoisotopic (exact) mass is 331 g/mol. The third kappa shape index (κ3) is 4.49. The van der Waals surface area contributed by atoms with E-state index in [1.807, 2.05) is 13.8 Å². The Bertz CT molecular complexity index is 604. The van der Waals surface area contributed by atoms with E-state index in [4.69, 9.17) is 0 Å². The Morgan fingerprint density at radius 1 is 1.33 bits per heavy atom. The highest BCUT2D eigenvalue weighted by Crippen LogP contribution is 2.17. The zero-order valence-corrected chi connectivity index (χ0v) is 14.0. The summed E-state index contributed by atoms with van der Waals surface area (Å²) >= 11 is 1.50. The maximum atomic E-state index is 12.0. The van der Waals surface area contributed by atoms with Crippen LogP contribution in [-0.4, -0.2) is 49.0 Å². The largest absolute Gasteiger partial charge is 0.355 e. The molecule has 1 fully saturated rings. The highest BCUT2D eigenvalue weighted by atomic mass is 32.2. The maximum Gasteiger partial charge on any atom is 0.225 e. The highest BCUT2D eigenvalue weighted by Gasteiger charge is 2.24. The van der Waals surface area contributed by atoms with Gasteiger partial charge in [-0.2, -0.15) is 0 Å². The molecule has 2 heterocycles. The molecule has 0 aliphatic carbocycles. The minimum absolute atomic E-state index is 0.0283. The van der Waals surface area contributed by atoms with Gasteiger partial charge in [-0.05, 0) is 26.7 Å². The molecule has 0 unspecified atom stereocenters. The topological polar surface area (TPSA) is 79.4 Å². The molecule has 6 nitrogen and oxygen atoms in total. The Hall–Kier alpha value is -0.990. The van der Waals surface area contributed by atoms with Gasteiger partial charge in [0.15, 0.2) is 0 Å². The molecule has 0 atom stereocenters. The fraction of sp³-hybridized carbons (Fsp3) is 0.692. The van der Waals surface area contributed by atoms with Crippen LogP contribution in [0.5, 0.6) is 0 Å². The molecule has 1 N–H and O–H groups in total. The number of aryl methyl sites for hydroxylation is 2. The van der Waals surface area contributed by atoms with Gasteiger partial charge in [0, 0.05) is 24.5 Å². The van der Waals surface area contributed by atoms with Crippen molar-refractivity contribution in [2.75, 3.05) is 25.4 Å². The standard InChI is InChI=1S/C13H21N3O3S2/c1-10-12(20-11(2)15-10)9-13(17)14-5-8-21(18,19)16-6-3-4-7-16/h3-9H2,1-2H3,(H,14,17). The second kappa shape index (κ2) is 6.85. The smallest absolute Gasteiger partial charge is 0.225 e. The van der Waals surface area contributed by atoms with Gasteiger partial charge in [-0.25, -0.2) is 17.7 Å². The van der Waals surface area contributed by atoms with Crippen LogP contribution in [0.25, 0.3) is 0 Å². The van der Waals surface area contributed by atoms with E-state index in [2.05, 4.69) is 10.3 Å². The Balaban J connectivity index is 1.78. The normalized spacial score (nSPS) is 16.3. The molecule has 0 bridgehead atoms. The second-order valence-corrected chi connectivity index (χ2v) is 8.57. The predicted octanol–water partition coefficient (Wildman–Crippen LogP) is 0.844. The summed E-state index contributed by atoms with van der Waals surface area (Å²) in [6, 6.07) is 0. The molecular formula is C13H21N3O3S2. The van der Waals surface area contributed by atoms with Crippen molar-refractivity contribution in [2.24, 2.45) is 0 Å². The average Bonchev–Trinajstić information content (AvgIpc) is 3.00. The van der Waals surface area contributed by atoms with E-state index in [9.17, 15) is 13.2 Å². The van der Waals surface area contributed by atoms with E-state index >= 15 is 0 Å². The fourth-order valence-corrected chi connectivity index (χ4v) is 4.73. The summed E-state index contributed by atoms with van der Waals surface area (Å²) in [6.45, 7) is 5.16. The first-order chi connectivity index (χ1) is 9.88. The van der Waals surface area contributed by atoms with Crippen molar-refractivity contribution in [3.8, 4) is 0 Å². The number of carbonyl (C=O) groups is 1. The highest BCUT2D eigenvalue weighted by molar-refractivity contribution is 7.89. The molecule has 8 heteroatoms. The number of hydrogen-bond donors (Lipinski definition) is 1. The van der Waals surface area contributed by atoms with Crippen LogP contribution in [0.4, 0.5) is 0 Å². The molecule has 0 spiro atoms. The summed E-state index contributed by atoms with van der Waals surface area (Å²) in [4.78, 5) is 17.0. The molecule has 0 radical (unpaired) electrons. The van der Waals surface area contributed by atoms with E-state index in [0.717, 1.165) is 28.4 Å². The molecule has 1 aromatic heterocycles. The summed E-state index contributed by atoms with van der Waals surface area (Å²) in [5, 5.41) is 3.62. The van der Waals surface area contributed by atoms with Gasteiger partial charge in [-0.3, -0.25) is 4.79 Å². The minimum atomic E-state index is -3.22. The first kappa shape index (κ1) is 16.4. The van der Waals surface area contributed by atoms with E-state index in [1.165, 1.54) is 15.6 Å². The number of carbonyl (C=O) groups excluding carboxylic acids is 1. The summed E-state index contributed by atoms with van der Waals surface area (Å²) in [6.07, 6.45) is 2.12. The van der Waals surface area contributed by atoms with Crippen molar-refractivity contribution in [1.29, 1.82) is 0 Å². The van der Waals surface area contributed by atoms with Crippen molar-refractivity contribution >= 4 is 27.3 Å². The van der Waals surface area contributed by atoms with Crippen LogP contribution in [-0.2, 0) is 21.2 Å². The van der Waals surface area contributed by atoms with Crippen LogP contribution in [0.3, 0.4) is 0 Å². The molecule has 118 valence electrons. The Morgan fingerprint density at radius 2 is 2.00 bits per heavy atom. The van der Waals surface area contributed by atoms with Crippen LogP contribution < -0.4 is 5.32 Å². The Morgan fingerprint density at radius 3 is 2.57 bits per heavy atom. The van der Waals surface area contributed by atoms with Crippen LogP contribution in [0.2, 0.25) is 0 Å². The first-order valence-corrected chi connectivity index (χ1v) is 9.48. The van der Waals surface area contributed by atoms with E-state index in [1.54, 1.807) is 0 Å². The first-order valence-electron chi connectivity index (χ1n) is 7.06. The lowest BCUT2D eigenvalue weighted by molar-refractivity contribution is -0.120. The number of aromatic nitrogens is 1. The number of sulfonamides is 1. The summed E-state index contributed by atoms with van der Waals surface area (Å²) in [7, 11) is -3.22.